The summed E-state index contributed by atoms with van der Waals surface area (Å²) < 4.78 is 82.5. The summed E-state index contributed by atoms with van der Waals surface area (Å²) in [5, 5.41) is 0. The van der Waals surface area contributed by atoms with E-state index in [0.717, 1.165) is 66.8 Å². The Bertz CT molecular complexity index is 3400. The van der Waals surface area contributed by atoms with Crippen molar-refractivity contribution in [2.24, 2.45) is 10.8 Å². The Labute approximate surface area is 453 Å². The number of benzene rings is 6. The van der Waals surface area contributed by atoms with Crippen LogP contribution in [0.1, 0.15) is 100 Å². The Kier molecular flexibility index (Phi) is 12.9. The first-order valence-electron chi connectivity index (χ1n) is 26.6. The highest BCUT2D eigenvalue weighted by molar-refractivity contribution is 5.94. The standard InChI is InChI=1S/C63H64O15/c1-61(2)62(3)9-10-63(61,78-59(62)64)60(65)77-58-34-46-22-44-32-56-50(69-7)26-38(44)20-43-31-54-51(70-8)27-39(43)21-45(46)33-57(58)76-16-15-75-55-30-42-19-36-24-48(67-5)53(72-13-14-74-56)28-40(36)17-35-23-47(66-4)52(71-11-12-73-54)29-41(35)18-37(42)25-49(55)68-6/h23-34H,9-22H2,1-8H3. The number of carbonyl (C=O) groups excluding carboxylic acids is 2. The first-order valence-corrected chi connectivity index (χ1v) is 26.6. The third kappa shape index (κ3) is 8.56. The molecule has 2 fully saturated rings. The summed E-state index contributed by atoms with van der Waals surface area (Å²) in [6.45, 7) is 6.63. The number of carbonyl (C=O) groups is 2. The topological polar surface area (TPSA) is 154 Å². The molecule has 15 heteroatoms. The van der Waals surface area contributed by atoms with Gasteiger partial charge >= 0.3 is 11.9 Å². The van der Waals surface area contributed by atoms with Crippen molar-refractivity contribution in [3.05, 3.63) is 140 Å². The van der Waals surface area contributed by atoms with E-state index in [9.17, 15) is 9.59 Å². The van der Waals surface area contributed by atoms with Gasteiger partial charge in [-0.2, -0.15) is 0 Å². The Morgan fingerprint density at radius 3 is 0.846 bits per heavy atom. The fourth-order valence-corrected chi connectivity index (χ4v) is 12.4. The summed E-state index contributed by atoms with van der Waals surface area (Å²) in [5.41, 5.74) is 8.70. The minimum Gasteiger partial charge on any atom is -0.493 e. The van der Waals surface area contributed by atoms with Crippen LogP contribution in [0.5, 0.6) is 69.0 Å². The zero-order valence-electron chi connectivity index (χ0n) is 45.5. The van der Waals surface area contributed by atoms with Gasteiger partial charge in [0.1, 0.15) is 39.6 Å². The first kappa shape index (κ1) is 50.9. The fraction of sp³-hybridized carbons (Fsp3) is 0.397. The van der Waals surface area contributed by atoms with Crippen LogP contribution in [0.25, 0.3) is 0 Å². The maximum atomic E-state index is 14.9. The molecule has 22 rings (SSSR count). The van der Waals surface area contributed by atoms with Crippen molar-refractivity contribution in [1.29, 1.82) is 0 Å². The van der Waals surface area contributed by atoms with Crippen LogP contribution in [-0.4, -0.2) is 92.7 Å². The van der Waals surface area contributed by atoms with E-state index in [1.165, 1.54) is 0 Å². The zero-order chi connectivity index (χ0) is 54.1. The lowest BCUT2D eigenvalue weighted by molar-refractivity contribution is -0.176. The van der Waals surface area contributed by atoms with Gasteiger partial charge in [0.25, 0.3) is 0 Å². The lowest BCUT2D eigenvalue weighted by atomic mass is 9.66. The highest BCUT2D eigenvalue weighted by Gasteiger charge is 2.76. The largest absolute Gasteiger partial charge is 0.493 e. The first-order chi connectivity index (χ1) is 37.7. The summed E-state index contributed by atoms with van der Waals surface area (Å²) >= 11 is 0. The molecule has 0 aromatic heterocycles. The summed E-state index contributed by atoms with van der Waals surface area (Å²) in [4.78, 5) is 28.3. The van der Waals surface area contributed by atoms with E-state index < -0.39 is 28.4 Å². The third-order valence-corrected chi connectivity index (χ3v) is 17.4. The van der Waals surface area contributed by atoms with Gasteiger partial charge in [-0.1, -0.05) is 13.8 Å². The van der Waals surface area contributed by atoms with Crippen LogP contribution in [0.2, 0.25) is 0 Å². The molecular formula is C63H64O15. The van der Waals surface area contributed by atoms with Gasteiger partial charge in [-0.3, -0.25) is 4.79 Å². The predicted octanol–water partition coefficient (Wildman–Crippen LogP) is 9.93. The second kappa shape index (κ2) is 19.8. The number of hydrogen-bond donors (Lipinski definition) is 0. The van der Waals surface area contributed by atoms with Gasteiger partial charge < -0.3 is 61.6 Å². The van der Waals surface area contributed by atoms with Gasteiger partial charge in [-0.05, 0) is 198 Å². The molecule has 406 valence electrons. The predicted molar refractivity (Wildman–Crippen MR) is 287 cm³/mol. The van der Waals surface area contributed by atoms with Gasteiger partial charge in [0.15, 0.2) is 69.0 Å². The van der Waals surface area contributed by atoms with Gasteiger partial charge in [0.05, 0.1) is 41.0 Å². The lowest BCUT2D eigenvalue weighted by Gasteiger charge is -2.34. The van der Waals surface area contributed by atoms with Gasteiger partial charge in [0.2, 0.25) is 5.60 Å². The molecule has 0 N–H and O–H groups in total. The van der Waals surface area contributed by atoms with Crippen LogP contribution in [0, 0.1) is 10.8 Å². The van der Waals surface area contributed by atoms with Crippen LogP contribution >= 0.6 is 0 Å². The molecule has 20 bridgehead atoms. The number of ether oxygens (including phenoxy) is 13. The summed E-state index contributed by atoms with van der Waals surface area (Å²) in [6.07, 6.45) is 3.81. The third-order valence-electron chi connectivity index (χ3n) is 17.4. The van der Waals surface area contributed by atoms with Crippen molar-refractivity contribution in [2.45, 2.75) is 77.7 Å². The van der Waals surface area contributed by atoms with E-state index in [4.69, 9.17) is 61.6 Å². The molecule has 2 atom stereocenters. The molecule has 15 nitrogen and oxygen atoms in total. The number of methoxy groups -OCH3 is 5. The van der Waals surface area contributed by atoms with Crippen molar-refractivity contribution in [1.82, 2.24) is 0 Å². The number of fused-ring (bicyclic) bond motifs is 2. The van der Waals surface area contributed by atoms with Crippen LogP contribution in [0.3, 0.4) is 0 Å². The number of esters is 2. The van der Waals surface area contributed by atoms with Crippen molar-refractivity contribution < 1.29 is 71.2 Å². The van der Waals surface area contributed by atoms with E-state index >= 15 is 0 Å². The quantitative estimate of drug-likeness (QED) is 0.110. The van der Waals surface area contributed by atoms with Crippen molar-refractivity contribution in [2.75, 3.05) is 75.2 Å². The van der Waals surface area contributed by atoms with Crippen molar-refractivity contribution >= 4 is 11.9 Å². The molecule has 0 spiro atoms. The highest BCUT2D eigenvalue weighted by Crippen LogP contribution is 2.66. The Hall–Kier alpha value is -7.94. The Morgan fingerprint density at radius 1 is 0.372 bits per heavy atom. The second-order valence-corrected chi connectivity index (χ2v) is 21.6. The molecular weight excluding hydrogens is 997 g/mol. The molecule has 2 unspecified atom stereocenters. The number of hydrogen-bond acceptors (Lipinski definition) is 15. The summed E-state index contributed by atoms with van der Waals surface area (Å²) in [6, 6.07) is 24.3. The minimum atomic E-state index is -1.49. The number of rotatable bonds is 7. The molecule has 13 heterocycles. The maximum absolute atomic E-state index is 14.9. The maximum Gasteiger partial charge on any atom is 0.356 e. The van der Waals surface area contributed by atoms with E-state index in [2.05, 4.69) is 24.3 Å². The van der Waals surface area contributed by atoms with Crippen LogP contribution in [0.4, 0.5) is 0 Å². The fourth-order valence-electron chi connectivity index (χ4n) is 12.4. The SMILES string of the molecule is COc1cc2c3cc1OCCOc1cc4c(cc1OC)Cc1cc5c(OC)cc1Cc1cc(c(OC(=O)C67CCC(C)(C(=O)O6)C7(C)C)cc1C4)OCCOc1cc(c(cc1OC)Cc1cc(c(OC)cc1C3)OCCO5)C2. The molecule has 1 saturated heterocycles. The average Bonchev–Trinajstić information content (AvgIpc) is 3.07. The molecule has 6 aromatic rings. The van der Waals surface area contributed by atoms with E-state index in [-0.39, 0.29) is 45.4 Å². The molecule has 0 amide bonds. The van der Waals surface area contributed by atoms with Crippen molar-refractivity contribution in [3.63, 3.8) is 0 Å². The Morgan fingerprint density at radius 2 is 0.615 bits per heavy atom. The summed E-state index contributed by atoms with van der Waals surface area (Å²) in [5.74, 6) is 5.10. The Balaban J connectivity index is 1.06. The van der Waals surface area contributed by atoms with Gasteiger partial charge in [0, 0.05) is 5.41 Å². The zero-order valence-corrected chi connectivity index (χ0v) is 45.5. The molecule has 1 saturated carbocycles. The molecule has 3 aliphatic carbocycles. The van der Waals surface area contributed by atoms with Gasteiger partial charge in [-0.15, -0.1) is 0 Å². The van der Waals surface area contributed by atoms with E-state index in [1.54, 1.807) is 35.5 Å². The van der Waals surface area contributed by atoms with E-state index in [0.29, 0.717) is 115 Å². The van der Waals surface area contributed by atoms with Crippen LogP contribution in [0.15, 0.2) is 72.8 Å². The van der Waals surface area contributed by atoms with Crippen LogP contribution < -0.4 is 56.8 Å². The molecule has 16 aliphatic rings. The normalized spacial score (nSPS) is 20.3. The summed E-state index contributed by atoms with van der Waals surface area (Å²) in [7, 11) is 8.20. The smallest absolute Gasteiger partial charge is 0.356 e. The van der Waals surface area contributed by atoms with Crippen molar-refractivity contribution in [3.8, 4) is 69.0 Å². The minimum absolute atomic E-state index is 0.0580. The second-order valence-electron chi connectivity index (χ2n) is 21.6. The van der Waals surface area contributed by atoms with Gasteiger partial charge in [-0.25, -0.2) is 4.79 Å². The molecule has 13 aliphatic heterocycles. The molecule has 78 heavy (non-hydrogen) atoms. The van der Waals surface area contributed by atoms with E-state index in [1.807, 2.05) is 69.3 Å². The highest BCUT2D eigenvalue weighted by atomic mass is 16.6. The monoisotopic (exact) mass is 1060 g/mol. The average molecular weight is 1060 g/mol. The lowest BCUT2D eigenvalue weighted by Crippen LogP contribution is -2.50. The molecule has 0 radical (unpaired) electrons. The molecule has 6 aromatic carbocycles. The van der Waals surface area contributed by atoms with Crippen LogP contribution in [-0.2, 0) is 52.9 Å².